The van der Waals surface area contributed by atoms with Gasteiger partial charge in [-0.05, 0) is 38.6 Å². The Morgan fingerprint density at radius 2 is 2.06 bits per heavy atom. The van der Waals surface area contributed by atoms with Crippen LogP contribution in [0, 0.1) is 0 Å². The van der Waals surface area contributed by atoms with Gasteiger partial charge in [0.15, 0.2) is 0 Å². The smallest absolute Gasteiger partial charge is 0.0588 e. The summed E-state index contributed by atoms with van der Waals surface area (Å²) in [6, 6.07) is 0. The van der Waals surface area contributed by atoms with E-state index < -0.39 is 0 Å². The number of alkyl halides is 1. The zero-order valence-corrected chi connectivity index (χ0v) is 10.6. The van der Waals surface area contributed by atoms with Gasteiger partial charge < -0.3 is 14.8 Å². The van der Waals surface area contributed by atoms with E-state index in [2.05, 4.69) is 5.32 Å². The van der Waals surface area contributed by atoms with E-state index >= 15 is 0 Å². The van der Waals surface area contributed by atoms with Crippen LogP contribution in [0.15, 0.2) is 0 Å². The second kappa shape index (κ2) is 6.20. The van der Waals surface area contributed by atoms with Crippen molar-refractivity contribution >= 4 is 11.6 Å². The maximum atomic E-state index is 6.08. The van der Waals surface area contributed by atoms with Gasteiger partial charge >= 0.3 is 0 Å². The van der Waals surface area contributed by atoms with Gasteiger partial charge in [-0.1, -0.05) is 0 Å². The molecule has 2 aliphatic rings. The minimum atomic E-state index is 0.110. The van der Waals surface area contributed by atoms with Crippen molar-refractivity contribution in [2.45, 2.75) is 43.7 Å². The molecule has 0 spiro atoms. The van der Waals surface area contributed by atoms with Crippen LogP contribution in [0.3, 0.4) is 0 Å². The van der Waals surface area contributed by atoms with Gasteiger partial charge in [0.2, 0.25) is 0 Å². The molecule has 0 aromatic heterocycles. The first-order valence-corrected chi connectivity index (χ1v) is 6.88. The molecule has 0 aliphatic carbocycles. The van der Waals surface area contributed by atoms with Crippen LogP contribution < -0.4 is 5.32 Å². The minimum Gasteiger partial charge on any atom is -0.381 e. The summed E-state index contributed by atoms with van der Waals surface area (Å²) in [5.41, 5.74) is 0.110. The summed E-state index contributed by atoms with van der Waals surface area (Å²) in [6.45, 7) is 3.62. The topological polar surface area (TPSA) is 30.5 Å². The second-order valence-electron chi connectivity index (χ2n) is 4.88. The monoisotopic (exact) mass is 247 g/mol. The summed E-state index contributed by atoms with van der Waals surface area (Å²) in [5, 5.41) is 3.62. The maximum absolute atomic E-state index is 6.08. The molecule has 3 nitrogen and oxygen atoms in total. The Balaban J connectivity index is 1.69. The Morgan fingerprint density at radius 3 is 2.69 bits per heavy atom. The molecule has 2 heterocycles. The maximum Gasteiger partial charge on any atom is 0.0588 e. The summed E-state index contributed by atoms with van der Waals surface area (Å²) >= 11 is 6.08. The van der Waals surface area contributed by atoms with Gasteiger partial charge in [0.1, 0.15) is 0 Å². The van der Waals surface area contributed by atoms with Gasteiger partial charge in [0.25, 0.3) is 0 Å². The lowest BCUT2D eigenvalue weighted by Crippen LogP contribution is -2.51. The quantitative estimate of drug-likeness (QED) is 0.754. The zero-order chi connectivity index (χ0) is 11.3. The van der Waals surface area contributed by atoms with Gasteiger partial charge in [-0.25, -0.2) is 0 Å². The van der Waals surface area contributed by atoms with Crippen LogP contribution in [0.5, 0.6) is 0 Å². The molecule has 0 amide bonds. The Morgan fingerprint density at radius 1 is 1.25 bits per heavy atom. The molecule has 2 rings (SSSR count). The average Bonchev–Trinajstić information content (AvgIpc) is 2.83. The van der Waals surface area contributed by atoms with Crippen molar-refractivity contribution in [3.63, 3.8) is 0 Å². The van der Waals surface area contributed by atoms with Crippen LogP contribution in [-0.2, 0) is 9.47 Å². The molecule has 0 bridgehead atoms. The molecular formula is C12H22ClNO2. The number of hydrogen-bond donors (Lipinski definition) is 1. The van der Waals surface area contributed by atoms with Crippen molar-refractivity contribution in [2.75, 3.05) is 32.2 Å². The van der Waals surface area contributed by atoms with E-state index in [9.17, 15) is 0 Å². The largest absolute Gasteiger partial charge is 0.381 e. The SMILES string of the molecule is ClCC1(NCCC2CCCO2)CCOCC1. The standard InChI is InChI=1S/C12H22ClNO2/c13-10-12(4-8-15-9-5-12)14-6-3-11-2-1-7-16-11/h11,14H,1-10H2. The first kappa shape index (κ1) is 12.6. The average molecular weight is 248 g/mol. The Labute approximate surface area is 103 Å². The molecule has 1 atom stereocenters. The number of hydrogen-bond acceptors (Lipinski definition) is 3. The van der Waals surface area contributed by atoms with E-state index in [1.165, 1.54) is 12.8 Å². The van der Waals surface area contributed by atoms with Gasteiger partial charge in [-0.3, -0.25) is 0 Å². The number of nitrogens with one attached hydrogen (secondary N) is 1. The summed E-state index contributed by atoms with van der Waals surface area (Å²) in [6.07, 6.45) is 6.08. The molecule has 0 aromatic rings. The van der Waals surface area contributed by atoms with Crippen LogP contribution in [0.25, 0.3) is 0 Å². The number of rotatable bonds is 5. The molecule has 4 heteroatoms. The van der Waals surface area contributed by atoms with E-state index in [1.54, 1.807) is 0 Å². The van der Waals surface area contributed by atoms with Crippen LogP contribution in [0.2, 0.25) is 0 Å². The van der Waals surface area contributed by atoms with E-state index in [0.29, 0.717) is 12.0 Å². The summed E-state index contributed by atoms with van der Waals surface area (Å²) in [7, 11) is 0. The van der Waals surface area contributed by atoms with Crippen molar-refractivity contribution in [3.05, 3.63) is 0 Å². The lowest BCUT2D eigenvalue weighted by atomic mass is 9.92. The van der Waals surface area contributed by atoms with E-state index in [-0.39, 0.29) is 5.54 Å². The fourth-order valence-electron chi connectivity index (χ4n) is 2.49. The third-order valence-electron chi connectivity index (χ3n) is 3.70. The second-order valence-corrected chi connectivity index (χ2v) is 5.14. The Bertz CT molecular complexity index is 201. The van der Waals surface area contributed by atoms with E-state index in [1.807, 2.05) is 0 Å². The third-order valence-corrected chi connectivity index (χ3v) is 4.21. The fraction of sp³-hybridized carbons (Fsp3) is 1.00. The highest BCUT2D eigenvalue weighted by Gasteiger charge is 2.31. The van der Waals surface area contributed by atoms with Crippen LogP contribution >= 0.6 is 11.6 Å². The van der Waals surface area contributed by atoms with Crippen molar-refractivity contribution in [2.24, 2.45) is 0 Å². The number of ether oxygens (including phenoxy) is 2. The predicted octanol–water partition coefficient (Wildman–Crippen LogP) is 1.93. The van der Waals surface area contributed by atoms with Gasteiger partial charge in [0.05, 0.1) is 6.10 Å². The Kier molecular flexibility index (Phi) is 4.89. The van der Waals surface area contributed by atoms with E-state index in [0.717, 1.165) is 45.6 Å². The highest BCUT2D eigenvalue weighted by molar-refractivity contribution is 6.18. The Hall–Kier alpha value is 0.170. The molecule has 2 saturated heterocycles. The molecule has 0 radical (unpaired) electrons. The molecule has 0 aromatic carbocycles. The fourth-order valence-corrected chi connectivity index (χ4v) is 2.85. The van der Waals surface area contributed by atoms with Crippen molar-refractivity contribution in [3.8, 4) is 0 Å². The van der Waals surface area contributed by atoms with E-state index in [4.69, 9.17) is 21.1 Å². The zero-order valence-electron chi connectivity index (χ0n) is 9.84. The molecule has 0 saturated carbocycles. The predicted molar refractivity (Wildman–Crippen MR) is 65.1 cm³/mol. The van der Waals surface area contributed by atoms with Gasteiger partial charge in [-0.15, -0.1) is 11.6 Å². The highest BCUT2D eigenvalue weighted by atomic mass is 35.5. The molecule has 1 unspecified atom stereocenters. The lowest BCUT2D eigenvalue weighted by molar-refractivity contribution is 0.0435. The normalized spacial score (nSPS) is 29.4. The summed E-state index contributed by atoms with van der Waals surface area (Å²) < 4.78 is 11.0. The lowest BCUT2D eigenvalue weighted by Gasteiger charge is -2.36. The summed E-state index contributed by atoms with van der Waals surface area (Å²) in [5.74, 6) is 0.682. The molecule has 1 N–H and O–H groups in total. The third kappa shape index (κ3) is 3.33. The first-order valence-electron chi connectivity index (χ1n) is 6.35. The van der Waals surface area contributed by atoms with Crippen molar-refractivity contribution < 1.29 is 9.47 Å². The molecule has 2 fully saturated rings. The van der Waals surface area contributed by atoms with Crippen molar-refractivity contribution in [1.82, 2.24) is 5.32 Å². The van der Waals surface area contributed by atoms with Crippen molar-refractivity contribution in [1.29, 1.82) is 0 Å². The first-order chi connectivity index (χ1) is 7.85. The summed E-state index contributed by atoms with van der Waals surface area (Å²) in [4.78, 5) is 0. The molecule has 2 aliphatic heterocycles. The van der Waals surface area contributed by atoms with Crippen LogP contribution in [0.1, 0.15) is 32.1 Å². The van der Waals surface area contributed by atoms with Gasteiger partial charge in [-0.2, -0.15) is 0 Å². The molecule has 16 heavy (non-hydrogen) atoms. The highest BCUT2D eigenvalue weighted by Crippen LogP contribution is 2.23. The number of halogens is 1. The minimum absolute atomic E-state index is 0.110. The molecular weight excluding hydrogens is 226 g/mol. The van der Waals surface area contributed by atoms with Crippen LogP contribution in [-0.4, -0.2) is 43.9 Å². The van der Waals surface area contributed by atoms with Crippen LogP contribution in [0.4, 0.5) is 0 Å². The van der Waals surface area contributed by atoms with Gasteiger partial charge in [0, 0.05) is 31.2 Å². The molecule has 94 valence electrons.